The van der Waals surface area contributed by atoms with Gasteiger partial charge in [0.05, 0.1) is 72.0 Å². The van der Waals surface area contributed by atoms with Crippen molar-refractivity contribution in [2.75, 3.05) is 9.80 Å². The van der Waals surface area contributed by atoms with Crippen LogP contribution in [0.5, 0.6) is 0 Å². The molecule has 0 saturated heterocycles. The molecule has 4 heterocycles. The van der Waals surface area contributed by atoms with Crippen molar-refractivity contribution in [3.05, 3.63) is 241 Å². The molecule has 0 atom stereocenters. The first-order chi connectivity index (χ1) is 43.8. The number of benzene rings is 11. The second-order valence-electron chi connectivity index (χ2n) is 31.1. The maximum absolute atomic E-state index is 2.60. The highest BCUT2D eigenvalue weighted by atomic mass is 28.3. The van der Waals surface area contributed by atoms with Crippen LogP contribution in [0.2, 0.25) is 39.3 Å². The van der Waals surface area contributed by atoms with Crippen LogP contribution in [0.3, 0.4) is 0 Å². The van der Waals surface area contributed by atoms with Crippen molar-refractivity contribution in [3.63, 3.8) is 0 Å². The van der Waals surface area contributed by atoms with Crippen molar-refractivity contribution >= 4 is 137 Å². The number of para-hydroxylation sites is 2. The first-order valence-electron chi connectivity index (χ1n) is 33.5. The number of anilines is 6. The average Bonchev–Trinajstić information content (AvgIpc) is 1.52. The Morgan fingerprint density at radius 1 is 0.326 bits per heavy atom. The topological polar surface area (TPSA) is 15.3 Å². The molecule has 0 fully saturated rings. The summed E-state index contributed by atoms with van der Waals surface area (Å²) in [5, 5.41) is 12.9. The Labute approximate surface area is 546 Å². The fourth-order valence-corrected chi connectivity index (χ4v) is 17.2. The smallest absolute Gasteiger partial charge is 0.0775 e. The van der Waals surface area contributed by atoms with Crippen LogP contribution in [0.25, 0.3) is 98.4 Å². The van der Waals surface area contributed by atoms with Crippen molar-refractivity contribution in [3.8, 4) is 22.3 Å². The minimum Gasteiger partial charge on any atom is -0.309 e. The van der Waals surface area contributed by atoms with Gasteiger partial charge in [0.25, 0.3) is 0 Å². The normalized spacial score (nSPS) is 13.0. The van der Waals surface area contributed by atoms with Gasteiger partial charge in [-0.1, -0.05) is 252 Å². The summed E-state index contributed by atoms with van der Waals surface area (Å²) in [6.45, 7) is 37.7. The van der Waals surface area contributed by atoms with Gasteiger partial charge in [-0.25, -0.2) is 0 Å². The molecule has 0 amide bonds. The number of hydrogen-bond donors (Lipinski definition) is 0. The summed E-state index contributed by atoms with van der Waals surface area (Å²) in [5.74, 6) is 0.731. The van der Waals surface area contributed by atoms with E-state index in [4.69, 9.17) is 0 Å². The summed E-state index contributed by atoms with van der Waals surface area (Å²) in [4.78, 5) is 5.16. The van der Waals surface area contributed by atoms with Gasteiger partial charge >= 0.3 is 0 Å². The molecule has 11 aromatic carbocycles. The first-order valence-corrected chi connectivity index (χ1v) is 40.5. The average molecular weight is 1230 g/mol. The van der Waals surface area contributed by atoms with Gasteiger partial charge in [-0.2, -0.15) is 0 Å². The Kier molecular flexibility index (Phi) is 13.7. The zero-order chi connectivity index (χ0) is 64.2. The predicted molar refractivity (Wildman–Crippen MR) is 408 cm³/mol. The van der Waals surface area contributed by atoms with Crippen molar-refractivity contribution in [1.29, 1.82) is 0 Å². The molecule has 4 nitrogen and oxygen atoms in total. The van der Waals surface area contributed by atoms with E-state index in [0.29, 0.717) is 11.8 Å². The summed E-state index contributed by atoms with van der Waals surface area (Å²) in [6, 6.07) is 85.4. The molecule has 0 aliphatic rings. The maximum atomic E-state index is 2.60. The minimum atomic E-state index is -1.62. The van der Waals surface area contributed by atoms with Gasteiger partial charge in [0, 0.05) is 65.6 Å². The highest BCUT2D eigenvalue weighted by molar-refractivity contribution is 6.89. The fraction of sp³-hybridized carbons (Fsp3) is 0.233. The summed E-state index contributed by atoms with van der Waals surface area (Å²) in [6.07, 6.45) is 0. The van der Waals surface area contributed by atoms with E-state index >= 15 is 0 Å². The molecule has 0 aliphatic carbocycles. The number of nitrogens with zero attached hydrogens (tertiary/aromatic N) is 4. The largest absolute Gasteiger partial charge is 0.309 e. The van der Waals surface area contributed by atoms with Gasteiger partial charge in [0.15, 0.2) is 0 Å². The first kappa shape index (κ1) is 59.4. The Balaban J connectivity index is 0.985. The molecule has 0 spiro atoms. The second kappa shape index (κ2) is 21.3. The van der Waals surface area contributed by atoms with Crippen molar-refractivity contribution in [2.45, 2.75) is 131 Å². The quantitative estimate of drug-likeness (QED) is 0.113. The molecule has 0 aliphatic heterocycles. The molecule has 458 valence electrons. The monoisotopic (exact) mass is 1230 g/mol. The molecule has 0 N–H and O–H groups in total. The number of hydrogen-bond acceptors (Lipinski definition) is 2. The van der Waals surface area contributed by atoms with Gasteiger partial charge in [0.1, 0.15) is 0 Å². The van der Waals surface area contributed by atoms with E-state index in [9.17, 15) is 0 Å². The molecule has 6 heteroatoms. The molecular formula is C86H86N4Si2. The van der Waals surface area contributed by atoms with E-state index in [1.54, 1.807) is 0 Å². The van der Waals surface area contributed by atoms with Crippen molar-refractivity contribution in [2.24, 2.45) is 0 Å². The molecular weight excluding hydrogens is 1150 g/mol. The van der Waals surface area contributed by atoms with Gasteiger partial charge in [-0.3, -0.25) is 0 Å². The standard InChI is InChI=1S/C86H86N4Si2/c1-53(2)57-29-45-75(69(49-57)55-25-31-59(32-26-55)85(5,6)7)87(61-35-39-63(40-36-61)91(11,12)13)77-47-43-65-71-51-80-72(52-79(71)89-73-23-19-17-21-67(73)81(77)83(65)89)66-44-48-78(82-68-22-18-20-24-74(68)90(80)84(66)82)88(62-37-41-64(42-38-62)92(14,15)16)76-46-30-58(54(3)4)50-70(76)56-27-33-60(34-28-56)86(8,9)10/h17-54H,1-16H3. The van der Waals surface area contributed by atoms with E-state index < -0.39 is 16.1 Å². The Morgan fingerprint density at radius 3 is 1.01 bits per heavy atom. The van der Waals surface area contributed by atoms with Crippen LogP contribution >= 0.6 is 0 Å². The highest BCUT2D eigenvalue weighted by Crippen LogP contribution is 2.53. The van der Waals surface area contributed by atoms with Crippen LogP contribution in [0, 0.1) is 0 Å². The number of rotatable bonds is 12. The molecule has 0 saturated carbocycles. The Morgan fingerprint density at radius 2 is 0.674 bits per heavy atom. The maximum Gasteiger partial charge on any atom is 0.0775 e. The molecule has 4 aromatic heterocycles. The van der Waals surface area contributed by atoms with E-state index in [1.807, 2.05) is 0 Å². The van der Waals surface area contributed by atoms with Crippen LogP contribution in [-0.4, -0.2) is 24.9 Å². The van der Waals surface area contributed by atoms with Gasteiger partial charge in [-0.05, 0) is 141 Å². The van der Waals surface area contributed by atoms with E-state index in [2.05, 4.69) is 346 Å². The highest BCUT2D eigenvalue weighted by Gasteiger charge is 2.31. The molecule has 0 bridgehead atoms. The van der Waals surface area contributed by atoms with E-state index in [1.165, 1.54) is 154 Å². The molecule has 0 unspecified atom stereocenters. The van der Waals surface area contributed by atoms with Gasteiger partial charge in [-0.15, -0.1) is 0 Å². The molecule has 15 aromatic rings. The zero-order valence-electron chi connectivity index (χ0n) is 56.7. The molecule has 0 radical (unpaired) electrons. The van der Waals surface area contributed by atoms with E-state index in [0.717, 1.165) is 11.4 Å². The third kappa shape index (κ3) is 9.56. The van der Waals surface area contributed by atoms with Crippen LogP contribution in [0.15, 0.2) is 218 Å². The molecule has 15 rings (SSSR count). The lowest BCUT2D eigenvalue weighted by Crippen LogP contribution is -2.37. The zero-order valence-corrected chi connectivity index (χ0v) is 58.7. The van der Waals surface area contributed by atoms with E-state index in [-0.39, 0.29) is 10.8 Å². The SMILES string of the molecule is CC(C)c1ccc(N(c2ccc([Si](C)(C)C)cc2)c2ccc3c4cc5c(cc4n4c6ccccc6c2c34)c2ccc(N(c3ccc([Si](C)(C)C)cc3)c3ccc(C(C)C)cc3-c3ccc(C(C)(C)C)cc3)c3c4ccccc4n5c23)c(-c2ccc(C(C)(C)C)cc2)c1. The van der Waals surface area contributed by atoms with Crippen LogP contribution < -0.4 is 20.2 Å². The number of aromatic nitrogens is 2. The van der Waals surface area contributed by atoms with Crippen molar-refractivity contribution < 1.29 is 0 Å². The molecule has 92 heavy (non-hydrogen) atoms. The van der Waals surface area contributed by atoms with Gasteiger partial charge in [0.2, 0.25) is 0 Å². The fourth-order valence-electron chi connectivity index (χ4n) is 14.9. The minimum absolute atomic E-state index is 0.0420. The van der Waals surface area contributed by atoms with Crippen LogP contribution in [0.4, 0.5) is 34.1 Å². The Bertz CT molecular complexity index is 5010. The lowest BCUT2D eigenvalue weighted by Gasteiger charge is -2.30. The number of fused-ring (bicyclic) bond motifs is 12. The third-order valence-corrected chi connectivity index (χ3v) is 24.3. The van der Waals surface area contributed by atoms with Gasteiger partial charge < -0.3 is 18.6 Å². The van der Waals surface area contributed by atoms with Crippen LogP contribution in [0.1, 0.15) is 103 Å². The summed E-state index contributed by atoms with van der Waals surface area (Å²) in [7, 11) is -3.23. The lowest BCUT2D eigenvalue weighted by molar-refractivity contribution is 0.590. The lowest BCUT2D eigenvalue weighted by atomic mass is 9.85. The van der Waals surface area contributed by atoms with Crippen molar-refractivity contribution in [1.82, 2.24) is 8.80 Å². The Hall–Kier alpha value is -8.95. The third-order valence-electron chi connectivity index (χ3n) is 20.2. The second-order valence-corrected chi connectivity index (χ2v) is 41.2. The predicted octanol–water partition coefficient (Wildman–Crippen LogP) is 24.2. The summed E-state index contributed by atoms with van der Waals surface area (Å²) >= 11 is 0. The van der Waals surface area contributed by atoms with Crippen LogP contribution in [-0.2, 0) is 10.8 Å². The summed E-state index contributed by atoms with van der Waals surface area (Å²) < 4.78 is 5.19. The summed E-state index contributed by atoms with van der Waals surface area (Å²) in [5.41, 5.74) is 24.6.